The highest BCUT2D eigenvalue weighted by Gasteiger charge is 2.35. The Bertz CT molecular complexity index is 1260. The number of carbonyl (C=O) groups excluding carboxylic acids is 2. The third kappa shape index (κ3) is 5.56. The van der Waals surface area contributed by atoms with Gasteiger partial charge < -0.3 is 9.47 Å². The summed E-state index contributed by atoms with van der Waals surface area (Å²) >= 11 is 9.17. The molecule has 0 atom stereocenters. The number of hydrogen-bond donors (Lipinski definition) is 0. The van der Waals surface area contributed by atoms with Crippen molar-refractivity contribution < 1.29 is 23.5 Å². The zero-order chi connectivity index (χ0) is 24.2. The van der Waals surface area contributed by atoms with Crippen LogP contribution in [0.15, 0.2) is 65.6 Å². The number of halogens is 3. The molecule has 0 spiro atoms. The lowest BCUT2D eigenvalue weighted by atomic mass is 10.1. The van der Waals surface area contributed by atoms with E-state index in [0.717, 1.165) is 20.9 Å². The van der Waals surface area contributed by atoms with E-state index >= 15 is 0 Å². The number of rotatable bonds is 7. The molecule has 1 saturated heterocycles. The lowest BCUT2D eigenvalue weighted by Crippen LogP contribution is -2.27. The van der Waals surface area contributed by atoms with Gasteiger partial charge in [0.15, 0.2) is 11.5 Å². The molecule has 3 aromatic rings. The van der Waals surface area contributed by atoms with Crippen molar-refractivity contribution in [1.29, 1.82) is 0 Å². The molecule has 0 unspecified atom stereocenters. The Hall–Kier alpha value is -2.56. The second kappa shape index (κ2) is 10.8. The lowest BCUT2D eigenvalue weighted by Gasteiger charge is -2.13. The molecule has 3 aromatic carbocycles. The Balaban J connectivity index is 1.53. The number of thioether (sulfide) groups is 1. The first-order chi connectivity index (χ1) is 16.4. The quantitative estimate of drug-likeness (QED) is 0.215. The molecule has 1 aliphatic rings. The van der Waals surface area contributed by atoms with Crippen LogP contribution in [0.2, 0.25) is 5.02 Å². The van der Waals surface area contributed by atoms with E-state index in [9.17, 15) is 14.0 Å². The number of ether oxygens (including phenoxy) is 2. The van der Waals surface area contributed by atoms with Crippen LogP contribution in [-0.4, -0.2) is 23.2 Å². The van der Waals surface area contributed by atoms with Crippen molar-refractivity contribution in [1.82, 2.24) is 4.90 Å². The van der Waals surface area contributed by atoms with Crippen LogP contribution in [-0.2, 0) is 17.9 Å². The molecule has 34 heavy (non-hydrogen) atoms. The molecule has 1 heterocycles. The number of carbonyl (C=O) groups is 2. The van der Waals surface area contributed by atoms with Gasteiger partial charge in [0.05, 0.1) is 23.6 Å². The Morgan fingerprint density at radius 2 is 1.85 bits per heavy atom. The van der Waals surface area contributed by atoms with Gasteiger partial charge in [-0.15, -0.1) is 0 Å². The normalized spacial score (nSPS) is 14.7. The number of methoxy groups -OCH3 is 1. The molecule has 4 rings (SSSR count). The Labute approximate surface area is 219 Å². The van der Waals surface area contributed by atoms with Crippen LogP contribution < -0.4 is 9.47 Å². The van der Waals surface area contributed by atoms with Crippen molar-refractivity contribution in [3.63, 3.8) is 0 Å². The van der Waals surface area contributed by atoms with Gasteiger partial charge in [-0.05, 0) is 88.0 Å². The third-order valence-corrected chi connectivity index (χ3v) is 7.03. The highest BCUT2D eigenvalue weighted by atomic mass is 127. The summed E-state index contributed by atoms with van der Waals surface area (Å²) < 4.78 is 26.3. The van der Waals surface area contributed by atoms with Crippen LogP contribution >= 0.6 is 46.0 Å². The SMILES string of the molecule is COc1ccc(/C=C2\SC(=O)N(Cc3ccc(I)cc3)C2=O)cc1OCc1c(F)cccc1Cl. The summed E-state index contributed by atoms with van der Waals surface area (Å²) in [5.74, 6) is -0.0282. The van der Waals surface area contributed by atoms with Crippen LogP contribution in [0.5, 0.6) is 11.5 Å². The van der Waals surface area contributed by atoms with Crippen molar-refractivity contribution in [3.8, 4) is 11.5 Å². The highest BCUT2D eigenvalue weighted by Crippen LogP contribution is 2.36. The van der Waals surface area contributed by atoms with Crippen molar-refractivity contribution in [2.75, 3.05) is 7.11 Å². The van der Waals surface area contributed by atoms with Gasteiger partial charge in [-0.25, -0.2) is 4.39 Å². The maximum atomic E-state index is 14.1. The minimum atomic E-state index is -0.468. The maximum absolute atomic E-state index is 14.1. The molecule has 5 nitrogen and oxygen atoms in total. The van der Waals surface area contributed by atoms with Gasteiger partial charge >= 0.3 is 0 Å². The fourth-order valence-electron chi connectivity index (χ4n) is 3.28. The minimum Gasteiger partial charge on any atom is -0.493 e. The summed E-state index contributed by atoms with van der Waals surface area (Å²) in [6.07, 6.45) is 1.63. The summed E-state index contributed by atoms with van der Waals surface area (Å²) in [5, 5.41) is -0.0640. The van der Waals surface area contributed by atoms with Gasteiger partial charge in [0.2, 0.25) is 0 Å². The van der Waals surface area contributed by atoms with Crippen LogP contribution in [0.25, 0.3) is 6.08 Å². The minimum absolute atomic E-state index is 0.0994. The Kier molecular flexibility index (Phi) is 7.80. The van der Waals surface area contributed by atoms with Crippen molar-refractivity contribution in [2.45, 2.75) is 13.2 Å². The second-order valence-corrected chi connectivity index (χ2v) is 9.94. The molecule has 0 aliphatic carbocycles. The molecule has 0 saturated carbocycles. The molecule has 0 N–H and O–H groups in total. The third-order valence-electron chi connectivity index (χ3n) is 5.05. The van der Waals surface area contributed by atoms with Gasteiger partial charge in [0.1, 0.15) is 12.4 Å². The number of imide groups is 1. The van der Waals surface area contributed by atoms with Crippen molar-refractivity contribution >= 4 is 63.2 Å². The van der Waals surface area contributed by atoms with Gasteiger partial charge in [-0.1, -0.05) is 35.9 Å². The zero-order valence-corrected chi connectivity index (χ0v) is 21.6. The van der Waals surface area contributed by atoms with Crippen LogP contribution in [0.4, 0.5) is 9.18 Å². The molecule has 1 fully saturated rings. The highest BCUT2D eigenvalue weighted by molar-refractivity contribution is 14.1. The summed E-state index contributed by atoms with van der Waals surface area (Å²) in [7, 11) is 1.49. The standard InChI is InChI=1S/C25H18ClFINO4S/c1-32-21-10-7-16(11-22(21)33-14-18-19(26)3-2-4-20(18)27)12-23-24(30)29(25(31)34-23)13-15-5-8-17(28)9-6-15/h2-12H,13-14H2,1H3/b23-12-. The topological polar surface area (TPSA) is 55.8 Å². The number of benzene rings is 3. The van der Waals surface area contributed by atoms with Crippen LogP contribution in [0.3, 0.4) is 0 Å². The van der Waals surface area contributed by atoms with E-state index in [2.05, 4.69) is 22.6 Å². The second-order valence-electron chi connectivity index (χ2n) is 7.29. The van der Waals surface area contributed by atoms with Crippen molar-refractivity contribution in [3.05, 3.63) is 96.7 Å². The molecular weight excluding hydrogens is 592 g/mol. The van der Waals surface area contributed by atoms with E-state index in [-0.39, 0.29) is 34.9 Å². The first-order valence-electron chi connectivity index (χ1n) is 10.1. The van der Waals surface area contributed by atoms with Gasteiger partial charge in [0.25, 0.3) is 11.1 Å². The van der Waals surface area contributed by atoms with E-state index < -0.39 is 5.82 Å². The fourth-order valence-corrected chi connectivity index (χ4v) is 4.69. The molecule has 1 aliphatic heterocycles. The molecular formula is C25H18ClFINO4S. The fraction of sp³-hybridized carbons (Fsp3) is 0.120. The monoisotopic (exact) mass is 609 g/mol. The van der Waals surface area contributed by atoms with Crippen LogP contribution in [0.1, 0.15) is 16.7 Å². The molecule has 0 radical (unpaired) electrons. The average molecular weight is 610 g/mol. The largest absolute Gasteiger partial charge is 0.493 e. The van der Waals surface area contributed by atoms with E-state index in [4.69, 9.17) is 21.1 Å². The molecule has 174 valence electrons. The number of nitrogens with zero attached hydrogens (tertiary/aromatic N) is 1. The average Bonchev–Trinajstić information content (AvgIpc) is 3.07. The molecule has 2 amide bonds. The summed E-state index contributed by atoms with van der Waals surface area (Å²) in [6.45, 7) is 0.108. The predicted molar refractivity (Wildman–Crippen MR) is 139 cm³/mol. The lowest BCUT2D eigenvalue weighted by molar-refractivity contribution is -0.123. The van der Waals surface area contributed by atoms with E-state index in [1.807, 2.05) is 24.3 Å². The van der Waals surface area contributed by atoms with E-state index in [1.165, 1.54) is 24.1 Å². The summed E-state index contributed by atoms with van der Waals surface area (Å²) in [5.41, 5.74) is 1.74. The number of hydrogen-bond acceptors (Lipinski definition) is 5. The molecule has 0 bridgehead atoms. The summed E-state index contributed by atoms with van der Waals surface area (Å²) in [4.78, 5) is 26.9. The van der Waals surface area contributed by atoms with Gasteiger partial charge in [0, 0.05) is 9.13 Å². The summed E-state index contributed by atoms with van der Waals surface area (Å²) in [6, 6.07) is 17.2. The zero-order valence-electron chi connectivity index (χ0n) is 17.9. The maximum Gasteiger partial charge on any atom is 0.293 e. The first-order valence-corrected chi connectivity index (χ1v) is 12.4. The van der Waals surface area contributed by atoms with Gasteiger partial charge in [-0.3, -0.25) is 14.5 Å². The molecule has 0 aromatic heterocycles. The van der Waals surface area contributed by atoms with E-state index in [0.29, 0.717) is 22.0 Å². The first kappa shape index (κ1) is 24.6. The molecule has 9 heteroatoms. The Morgan fingerprint density at radius 1 is 1.09 bits per heavy atom. The van der Waals surface area contributed by atoms with Crippen LogP contribution in [0, 0.1) is 9.39 Å². The van der Waals surface area contributed by atoms with Crippen molar-refractivity contribution in [2.24, 2.45) is 0 Å². The van der Waals surface area contributed by atoms with Gasteiger partial charge in [-0.2, -0.15) is 0 Å². The number of amides is 2. The predicted octanol–water partition coefficient (Wildman–Crippen LogP) is 6.91. The van der Waals surface area contributed by atoms with E-state index in [1.54, 1.807) is 30.3 Å². The Morgan fingerprint density at radius 3 is 2.56 bits per heavy atom. The smallest absolute Gasteiger partial charge is 0.293 e.